The molecule has 108 valence electrons. The number of benzene rings is 1. The molecule has 0 bridgehead atoms. The van der Waals surface area contributed by atoms with Crippen molar-refractivity contribution in [3.63, 3.8) is 0 Å². The van der Waals surface area contributed by atoms with Crippen LogP contribution in [0.1, 0.15) is 28.4 Å². The first kappa shape index (κ1) is 13.6. The predicted molar refractivity (Wildman–Crippen MR) is 80.5 cm³/mol. The van der Waals surface area contributed by atoms with Crippen molar-refractivity contribution in [1.82, 2.24) is 9.88 Å². The van der Waals surface area contributed by atoms with E-state index in [1.54, 1.807) is 25.4 Å². The van der Waals surface area contributed by atoms with Gasteiger partial charge in [-0.2, -0.15) is 0 Å². The first-order valence-electron chi connectivity index (χ1n) is 7.12. The summed E-state index contributed by atoms with van der Waals surface area (Å²) in [7, 11) is 1.59. The normalized spacial score (nSPS) is 17.8. The Morgan fingerprint density at radius 3 is 2.71 bits per heavy atom. The van der Waals surface area contributed by atoms with E-state index in [0.29, 0.717) is 17.4 Å². The van der Waals surface area contributed by atoms with Crippen molar-refractivity contribution in [1.29, 1.82) is 0 Å². The number of hydrogen-bond donors (Lipinski definition) is 0. The SMILES string of the molecule is COc1ccc(C(=O)N2CCC(c3ccccc3)C2)nc1. The molecule has 0 spiro atoms. The molecule has 4 nitrogen and oxygen atoms in total. The lowest BCUT2D eigenvalue weighted by molar-refractivity contribution is 0.0785. The summed E-state index contributed by atoms with van der Waals surface area (Å²) in [5.41, 5.74) is 1.78. The molecule has 2 aromatic rings. The second-order valence-electron chi connectivity index (χ2n) is 5.23. The number of hydrogen-bond acceptors (Lipinski definition) is 3. The van der Waals surface area contributed by atoms with Crippen LogP contribution in [0, 0.1) is 0 Å². The van der Waals surface area contributed by atoms with E-state index in [0.717, 1.165) is 19.5 Å². The van der Waals surface area contributed by atoms with Gasteiger partial charge < -0.3 is 9.64 Å². The van der Waals surface area contributed by atoms with Crippen molar-refractivity contribution >= 4 is 5.91 Å². The minimum atomic E-state index is -0.00363. The molecular formula is C17H18N2O2. The van der Waals surface area contributed by atoms with Crippen LogP contribution in [-0.4, -0.2) is 36.0 Å². The summed E-state index contributed by atoms with van der Waals surface area (Å²) in [4.78, 5) is 18.5. The monoisotopic (exact) mass is 282 g/mol. The van der Waals surface area contributed by atoms with Gasteiger partial charge in [-0.05, 0) is 24.1 Å². The molecule has 0 radical (unpaired) electrons. The number of aromatic nitrogens is 1. The van der Waals surface area contributed by atoms with Gasteiger partial charge in [0.1, 0.15) is 11.4 Å². The first-order chi connectivity index (χ1) is 10.3. The van der Waals surface area contributed by atoms with Gasteiger partial charge in [0.2, 0.25) is 0 Å². The van der Waals surface area contributed by atoms with Crippen LogP contribution in [0.3, 0.4) is 0 Å². The van der Waals surface area contributed by atoms with E-state index in [-0.39, 0.29) is 5.91 Å². The minimum Gasteiger partial charge on any atom is -0.495 e. The summed E-state index contributed by atoms with van der Waals surface area (Å²) in [5, 5.41) is 0. The van der Waals surface area contributed by atoms with E-state index >= 15 is 0 Å². The van der Waals surface area contributed by atoms with Gasteiger partial charge in [-0.3, -0.25) is 4.79 Å². The Morgan fingerprint density at radius 2 is 2.05 bits per heavy atom. The standard InChI is InChI=1S/C17H18N2O2/c1-21-15-7-8-16(18-11-15)17(20)19-10-9-14(12-19)13-5-3-2-4-6-13/h2-8,11,14H,9-10,12H2,1H3. The van der Waals surface area contributed by atoms with E-state index in [1.165, 1.54) is 5.56 Å². The molecule has 0 N–H and O–H groups in total. The molecule has 1 aliphatic rings. The molecule has 1 atom stereocenters. The summed E-state index contributed by atoms with van der Waals surface area (Å²) in [6.07, 6.45) is 2.59. The van der Waals surface area contributed by atoms with Crippen molar-refractivity contribution in [2.45, 2.75) is 12.3 Å². The number of amides is 1. The van der Waals surface area contributed by atoms with Crippen LogP contribution >= 0.6 is 0 Å². The number of rotatable bonds is 3. The van der Waals surface area contributed by atoms with Gasteiger partial charge in [-0.1, -0.05) is 30.3 Å². The quantitative estimate of drug-likeness (QED) is 0.869. The van der Waals surface area contributed by atoms with Gasteiger partial charge in [-0.15, -0.1) is 0 Å². The maximum absolute atomic E-state index is 12.4. The third kappa shape index (κ3) is 2.89. The fourth-order valence-electron chi connectivity index (χ4n) is 2.73. The molecule has 0 saturated carbocycles. The first-order valence-corrected chi connectivity index (χ1v) is 7.12. The molecule has 1 amide bonds. The van der Waals surface area contributed by atoms with Crippen LogP contribution in [0.25, 0.3) is 0 Å². The van der Waals surface area contributed by atoms with Crippen molar-refractivity contribution in [3.8, 4) is 5.75 Å². The smallest absolute Gasteiger partial charge is 0.272 e. The van der Waals surface area contributed by atoms with Crippen molar-refractivity contribution in [2.24, 2.45) is 0 Å². The van der Waals surface area contributed by atoms with Gasteiger partial charge >= 0.3 is 0 Å². The summed E-state index contributed by atoms with van der Waals surface area (Å²) in [6, 6.07) is 13.9. The largest absolute Gasteiger partial charge is 0.495 e. The molecule has 1 saturated heterocycles. The third-order valence-electron chi connectivity index (χ3n) is 3.94. The average Bonchev–Trinajstić information content (AvgIpc) is 3.05. The lowest BCUT2D eigenvalue weighted by atomic mass is 9.99. The third-order valence-corrected chi connectivity index (χ3v) is 3.94. The molecule has 1 aliphatic heterocycles. The fourth-order valence-corrected chi connectivity index (χ4v) is 2.73. The molecule has 4 heteroatoms. The molecule has 1 fully saturated rings. The number of pyridine rings is 1. The van der Waals surface area contributed by atoms with Crippen LogP contribution in [0.5, 0.6) is 5.75 Å². The summed E-state index contributed by atoms with van der Waals surface area (Å²) in [6.45, 7) is 1.54. The van der Waals surface area contributed by atoms with Crippen LogP contribution in [-0.2, 0) is 0 Å². The van der Waals surface area contributed by atoms with Crippen LogP contribution in [0.4, 0.5) is 0 Å². The number of ether oxygens (including phenoxy) is 1. The highest BCUT2D eigenvalue weighted by molar-refractivity contribution is 5.92. The summed E-state index contributed by atoms with van der Waals surface area (Å²) >= 11 is 0. The van der Waals surface area contributed by atoms with Gasteiger partial charge in [0.15, 0.2) is 0 Å². The molecule has 2 heterocycles. The molecule has 1 aromatic heterocycles. The minimum absolute atomic E-state index is 0.00363. The maximum atomic E-state index is 12.4. The Kier molecular flexibility index (Phi) is 3.86. The summed E-state index contributed by atoms with van der Waals surface area (Å²) < 4.78 is 5.06. The Bertz CT molecular complexity index is 610. The maximum Gasteiger partial charge on any atom is 0.272 e. The molecule has 1 aromatic carbocycles. The average molecular weight is 282 g/mol. The van der Waals surface area contributed by atoms with Gasteiger partial charge in [0, 0.05) is 19.0 Å². The van der Waals surface area contributed by atoms with E-state index < -0.39 is 0 Å². The highest BCUT2D eigenvalue weighted by Gasteiger charge is 2.28. The Morgan fingerprint density at radius 1 is 1.24 bits per heavy atom. The Balaban J connectivity index is 1.69. The Hall–Kier alpha value is -2.36. The van der Waals surface area contributed by atoms with Crippen molar-refractivity contribution < 1.29 is 9.53 Å². The molecular weight excluding hydrogens is 264 g/mol. The van der Waals surface area contributed by atoms with Crippen LogP contribution in [0.2, 0.25) is 0 Å². The second-order valence-corrected chi connectivity index (χ2v) is 5.23. The lowest BCUT2D eigenvalue weighted by Crippen LogP contribution is -2.29. The number of carbonyl (C=O) groups is 1. The number of nitrogens with zero attached hydrogens (tertiary/aromatic N) is 2. The highest BCUT2D eigenvalue weighted by atomic mass is 16.5. The van der Waals surface area contributed by atoms with E-state index in [9.17, 15) is 4.79 Å². The molecule has 1 unspecified atom stereocenters. The number of carbonyl (C=O) groups excluding carboxylic acids is 1. The van der Waals surface area contributed by atoms with Gasteiger partial charge in [0.25, 0.3) is 5.91 Å². The zero-order chi connectivity index (χ0) is 14.7. The molecule has 0 aliphatic carbocycles. The number of methoxy groups -OCH3 is 1. The zero-order valence-electron chi connectivity index (χ0n) is 12.0. The number of likely N-dealkylation sites (tertiary alicyclic amines) is 1. The van der Waals surface area contributed by atoms with Crippen LogP contribution in [0.15, 0.2) is 48.7 Å². The zero-order valence-corrected chi connectivity index (χ0v) is 12.0. The predicted octanol–water partition coefficient (Wildman–Crippen LogP) is 2.72. The molecule has 21 heavy (non-hydrogen) atoms. The van der Waals surface area contributed by atoms with Crippen molar-refractivity contribution in [2.75, 3.05) is 20.2 Å². The molecule has 3 rings (SSSR count). The lowest BCUT2D eigenvalue weighted by Gasteiger charge is -2.16. The van der Waals surface area contributed by atoms with Crippen LogP contribution < -0.4 is 4.74 Å². The van der Waals surface area contributed by atoms with E-state index in [2.05, 4.69) is 17.1 Å². The van der Waals surface area contributed by atoms with E-state index in [4.69, 9.17) is 4.74 Å². The van der Waals surface area contributed by atoms with Gasteiger partial charge in [0.05, 0.1) is 13.3 Å². The van der Waals surface area contributed by atoms with Crippen molar-refractivity contribution in [3.05, 3.63) is 59.9 Å². The Labute approximate surface area is 124 Å². The van der Waals surface area contributed by atoms with Gasteiger partial charge in [-0.25, -0.2) is 4.98 Å². The topological polar surface area (TPSA) is 42.4 Å². The summed E-state index contributed by atoms with van der Waals surface area (Å²) in [5.74, 6) is 1.08. The van der Waals surface area contributed by atoms with E-state index in [1.807, 2.05) is 23.1 Å². The highest BCUT2D eigenvalue weighted by Crippen LogP contribution is 2.27. The second kappa shape index (κ2) is 5.95. The fraction of sp³-hybridized carbons (Fsp3) is 0.294.